The number of nitrogens with one attached hydrogen (secondary N) is 2. The van der Waals surface area contributed by atoms with E-state index in [4.69, 9.17) is 0 Å². The van der Waals surface area contributed by atoms with Crippen LogP contribution >= 0.6 is 0 Å². The summed E-state index contributed by atoms with van der Waals surface area (Å²) in [5.74, 6) is 1.57. The molecule has 2 aromatic heterocycles. The molecule has 5 nitrogen and oxygen atoms in total. The second-order valence-electron chi connectivity index (χ2n) is 4.48. The molecule has 0 bridgehead atoms. The van der Waals surface area contributed by atoms with E-state index in [1.54, 1.807) is 0 Å². The maximum absolute atomic E-state index is 4.64. The van der Waals surface area contributed by atoms with Gasteiger partial charge < -0.3 is 4.98 Å². The molecular formula is C15H11N5. The Labute approximate surface area is 114 Å². The number of fused-ring (bicyclic) bond motifs is 1. The summed E-state index contributed by atoms with van der Waals surface area (Å²) in [7, 11) is 0. The Morgan fingerprint density at radius 2 is 1.55 bits per heavy atom. The van der Waals surface area contributed by atoms with Crippen LogP contribution < -0.4 is 0 Å². The fourth-order valence-electron chi connectivity index (χ4n) is 2.31. The van der Waals surface area contributed by atoms with Crippen LogP contribution in [0.15, 0.2) is 54.9 Å². The average molecular weight is 261 g/mol. The summed E-state index contributed by atoms with van der Waals surface area (Å²) in [6.07, 6.45) is 1.50. The Hall–Kier alpha value is -2.95. The van der Waals surface area contributed by atoms with Gasteiger partial charge in [0.15, 0.2) is 5.82 Å². The van der Waals surface area contributed by atoms with Crippen LogP contribution in [-0.4, -0.2) is 25.1 Å². The van der Waals surface area contributed by atoms with Crippen molar-refractivity contribution in [2.24, 2.45) is 0 Å². The maximum atomic E-state index is 4.64. The van der Waals surface area contributed by atoms with Crippen molar-refractivity contribution in [3.63, 3.8) is 0 Å². The highest BCUT2D eigenvalue weighted by Crippen LogP contribution is 2.29. The minimum absolute atomic E-state index is 0.737. The molecule has 0 atom stereocenters. The van der Waals surface area contributed by atoms with Crippen LogP contribution in [0.25, 0.3) is 33.8 Å². The number of imidazole rings is 1. The first-order chi connectivity index (χ1) is 9.92. The van der Waals surface area contributed by atoms with Crippen LogP contribution in [-0.2, 0) is 0 Å². The molecule has 0 saturated carbocycles. The zero-order valence-corrected chi connectivity index (χ0v) is 10.5. The summed E-state index contributed by atoms with van der Waals surface area (Å²) in [4.78, 5) is 12.2. The molecule has 2 heterocycles. The molecule has 0 aliphatic carbocycles. The van der Waals surface area contributed by atoms with E-state index in [9.17, 15) is 0 Å². The molecule has 2 aromatic carbocycles. The fraction of sp³-hybridized carbons (Fsp3) is 0. The molecule has 0 spiro atoms. The summed E-state index contributed by atoms with van der Waals surface area (Å²) in [5.41, 5.74) is 3.95. The summed E-state index contributed by atoms with van der Waals surface area (Å²) in [5, 5.41) is 6.80. The van der Waals surface area contributed by atoms with Crippen molar-refractivity contribution in [3.8, 4) is 22.8 Å². The van der Waals surface area contributed by atoms with Gasteiger partial charge >= 0.3 is 0 Å². The van der Waals surface area contributed by atoms with Gasteiger partial charge in [-0.1, -0.05) is 36.4 Å². The van der Waals surface area contributed by atoms with Crippen LogP contribution in [0.5, 0.6) is 0 Å². The third kappa shape index (κ3) is 1.68. The molecule has 20 heavy (non-hydrogen) atoms. The van der Waals surface area contributed by atoms with Gasteiger partial charge in [-0.05, 0) is 12.1 Å². The fourth-order valence-corrected chi connectivity index (χ4v) is 2.31. The van der Waals surface area contributed by atoms with E-state index < -0.39 is 0 Å². The monoisotopic (exact) mass is 261 g/mol. The third-order valence-corrected chi connectivity index (χ3v) is 3.24. The number of rotatable bonds is 2. The van der Waals surface area contributed by atoms with E-state index in [0.29, 0.717) is 0 Å². The number of hydrogen-bond acceptors (Lipinski definition) is 3. The Morgan fingerprint density at radius 3 is 2.30 bits per heavy atom. The number of H-pyrrole nitrogens is 2. The lowest BCUT2D eigenvalue weighted by Crippen LogP contribution is -1.88. The van der Waals surface area contributed by atoms with Crippen molar-refractivity contribution in [3.05, 3.63) is 54.9 Å². The van der Waals surface area contributed by atoms with E-state index in [-0.39, 0.29) is 0 Å². The lowest BCUT2D eigenvalue weighted by molar-refractivity contribution is 1.09. The Bertz CT molecular complexity index is 828. The van der Waals surface area contributed by atoms with Crippen molar-refractivity contribution >= 4 is 11.0 Å². The molecule has 0 fully saturated rings. The molecule has 0 aliphatic heterocycles. The molecule has 96 valence electrons. The number of aromatic amines is 2. The van der Waals surface area contributed by atoms with Crippen LogP contribution in [0.1, 0.15) is 0 Å². The first-order valence-corrected chi connectivity index (χ1v) is 6.32. The average Bonchev–Trinajstić information content (AvgIpc) is 3.16. The number of aromatic nitrogens is 5. The molecule has 0 unspecified atom stereocenters. The SMILES string of the molecule is c1ccc(-c2nc3ccccc3[nH]2)c(-c2ncn[nH]2)c1. The molecule has 2 N–H and O–H groups in total. The minimum atomic E-state index is 0.737. The van der Waals surface area contributed by atoms with Crippen LogP contribution in [0.3, 0.4) is 0 Å². The highest BCUT2D eigenvalue weighted by atomic mass is 15.2. The predicted molar refractivity (Wildman–Crippen MR) is 76.9 cm³/mol. The molecule has 0 amide bonds. The lowest BCUT2D eigenvalue weighted by atomic mass is 10.1. The molecule has 5 heteroatoms. The highest BCUT2D eigenvalue weighted by molar-refractivity contribution is 5.83. The van der Waals surface area contributed by atoms with Crippen LogP contribution in [0.4, 0.5) is 0 Å². The predicted octanol–water partition coefficient (Wildman–Crippen LogP) is 3.01. The second-order valence-corrected chi connectivity index (χ2v) is 4.48. The Morgan fingerprint density at radius 1 is 0.800 bits per heavy atom. The van der Waals surface area contributed by atoms with Gasteiger partial charge in [0.1, 0.15) is 12.2 Å². The summed E-state index contributed by atoms with van der Waals surface area (Å²) >= 11 is 0. The van der Waals surface area contributed by atoms with Crippen LogP contribution in [0, 0.1) is 0 Å². The van der Waals surface area contributed by atoms with Crippen LogP contribution in [0.2, 0.25) is 0 Å². The second kappa shape index (κ2) is 4.31. The largest absolute Gasteiger partial charge is 0.338 e. The maximum Gasteiger partial charge on any atom is 0.156 e. The van der Waals surface area contributed by atoms with Gasteiger partial charge in [-0.3, -0.25) is 5.10 Å². The van der Waals surface area contributed by atoms with Gasteiger partial charge in [-0.25, -0.2) is 9.97 Å². The zero-order valence-electron chi connectivity index (χ0n) is 10.5. The Kier molecular flexibility index (Phi) is 2.35. The van der Waals surface area contributed by atoms with Gasteiger partial charge in [0.05, 0.1) is 11.0 Å². The molecule has 4 rings (SSSR count). The van der Waals surface area contributed by atoms with Crippen molar-refractivity contribution < 1.29 is 0 Å². The van der Waals surface area contributed by atoms with E-state index in [1.165, 1.54) is 6.33 Å². The molecule has 4 aromatic rings. The number of benzene rings is 2. The zero-order chi connectivity index (χ0) is 13.4. The van der Waals surface area contributed by atoms with Gasteiger partial charge in [0.2, 0.25) is 0 Å². The summed E-state index contributed by atoms with van der Waals surface area (Å²) in [6.45, 7) is 0. The molecular weight excluding hydrogens is 250 g/mol. The van der Waals surface area contributed by atoms with E-state index >= 15 is 0 Å². The molecule has 0 aliphatic rings. The van der Waals surface area contributed by atoms with E-state index in [1.807, 2.05) is 48.5 Å². The number of hydrogen-bond donors (Lipinski definition) is 2. The van der Waals surface area contributed by atoms with E-state index in [2.05, 4.69) is 25.1 Å². The van der Waals surface area contributed by atoms with Crippen molar-refractivity contribution in [1.82, 2.24) is 25.1 Å². The smallest absolute Gasteiger partial charge is 0.156 e. The standard InChI is InChI=1S/C15H11N5/c1-2-6-11(10(5-1)14-16-9-17-20-14)15-18-12-7-3-4-8-13(12)19-15/h1-9H,(H,18,19)(H,16,17,20). The molecule has 0 saturated heterocycles. The van der Waals surface area contributed by atoms with Gasteiger partial charge in [-0.15, -0.1) is 0 Å². The normalized spacial score (nSPS) is 11.0. The summed E-state index contributed by atoms with van der Waals surface area (Å²) < 4.78 is 0. The Balaban J connectivity index is 1.94. The topological polar surface area (TPSA) is 70.2 Å². The number of para-hydroxylation sites is 2. The third-order valence-electron chi connectivity index (χ3n) is 3.24. The van der Waals surface area contributed by atoms with Crippen molar-refractivity contribution in [1.29, 1.82) is 0 Å². The first-order valence-electron chi connectivity index (χ1n) is 6.32. The first kappa shape index (κ1) is 10.9. The van der Waals surface area contributed by atoms with Gasteiger partial charge in [-0.2, -0.15) is 5.10 Å². The summed E-state index contributed by atoms with van der Waals surface area (Å²) in [6, 6.07) is 16.0. The number of nitrogens with zero attached hydrogens (tertiary/aromatic N) is 3. The quantitative estimate of drug-likeness (QED) is 0.582. The highest BCUT2D eigenvalue weighted by Gasteiger charge is 2.12. The minimum Gasteiger partial charge on any atom is -0.338 e. The van der Waals surface area contributed by atoms with Gasteiger partial charge in [0, 0.05) is 11.1 Å². The molecule has 0 radical (unpaired) electrons. The van der Waals surface area contributed by atoms with Crippen molar-refractivity contribution in [2.45, 2.75) is 0 Å². The van der Waals surface area contributed by atoms with Crippen molar-refractivity contribution in [2.75, 3.05) is 0 Å². The van der Waals surface area contributed by atoms with E-state index in [0.717, 1.165) is 33.8 Å². The van der Waals surface area contributed by atoms with Gasteiger partial charge in [0.25, 0.3) is 0 Å². The lowest BCUT2D eigenvalue weighted by Gasteiger charge is -2.03.